The molecule has 0 radical (unpaired) electrons. The van der Waals surface area contributed by atoms with Crippen molar-refractivity contribution in [1.82, 2.24) is 9.97 Å². The third-order valence-corrected chi connectivity index (χ3v) is 4.73. The molecular weight excluding hydrogens is 298 g/mol. The number of anilines is 1. The number of nitrogens with zero attached hydrogens (tertiary/aromatic N) is 2. The van der Waals surface area contributed by atoms with Gasteiger partial charge in [0.15, 0.2) is 0 Å². The highest BCUT2D eigenvalue weighted by molar-refractivity contribution is 8.00. The molecule has 0 fully saturated rings. The van der Waals surface area contributed by atoms with Crippen LogP contribution in [0.1, 0.15) is 11.4 Å². The van der Waals surface area contributed by atoms with Gasteiger partial charge < -0.3 is 4.72 Å². The molecule has 0 spiro atoms. The Morgan fingerprint density at radius 1 is 1.10 bits per heavy atom. The van der Waals surface area contributed by atoms with Crippen molar-refractivity contribution in [3.63, 3.8) is 0 Å². The molecule has 21 heavy (non-hydrogen) atoms. The molecule has 0 aliphatic rings. The van der Waals surface area contributed by atoms with Gasteiger partial charge in [-0.3, -0.25) is 9.97 Å². The molecule has 0 atom stereocenters. The van der Waals surface area contributed by atoms with Gasteiger partial charge in [0, 0.05) is 33.9 Å². The Morgan fingerprint density at radius 3 is 2.76 bits per heavy atom. The molecule has 1 N–H and O–H groups in total. The summed E-state index contributed by atoms with van der Waals surface area (Å²) < 4.78 is 3.39. The van der Waals surface area contributed by atoms with E-state index in [0.29, 0.717) is 0 Å². The number of aryl methyl sites for hydroxylation is 2. The average Bonchev–Trinajstić information content (AvgIpc) is 3.00. The second kappa shape index (κ2) is 6.28. The first-order valence-corrected chi connectivity index (χ1v) is 8.33. The zero-order valence-electron chi connectivity index (χ0n) is 11.8. The minimum absolute atomic E-state index is 0.993. The molecule has 106 valence electrons. The molecule has 0 saturated carbocycles. The summed E-state index contributed by atoms with van der Waals surface area (Å²) in [4.78, 5) is 9.94. The van der Waals surface area contributed by atoms with Crippen LogP contribution in [0, 0.1) is 13.8 Å². The first kappa shape index (κ1) is 14.1. The third-order valence-electron chi connectivity index (χ3n) is 3.09. The first-order valence-electron chi connectivity index (χ1n) is 6.57. The topological polar surface area (TPSA) is 37.8 Å². The normalized spacial score (nSPS) is 10.6. The monoisotopic (exact) mass is 313 g/mol. The SMILES string of the molecule is Cc1cc(-c2cnc(C)c(NSc3ccsc3)c2)ccn1. The summed E-state index contributed by atoms with van der Waals surface area (Å²) in [6.07, 6.45) is 3.74. The van der Waals surface area contributed by atoms with Crippen molar-refractivity contribution in [1.29, 1.82) is 0 Å². The number of hydrogen-bond donors (Lipinski definition) is 1. The van der Waals surface area contributed by atoms with Crippen LogP contribution in [-0.2, 0) is 0 Å². The van der Waals surface area contributed by atoms with Gasteiger partial charge >= 0.3 is 0 Å². The number of thiophene rings is 1. The van der Waals surface area contributed by atoms with Gasteiger partial charge in [0.1, 0.15) is 0 Å². The lowest BCUT2D eigenvalue weighted by atomic mass is 10.1. The molecule has 0 aliphatic carbocycles. The largest absolute Gasteiger partial charge is 0.324 e. The maximum absolute atomic E-state index is 4.49. The molecule has 3 heterocycles. The third kappa shape index (κ3) is 3.43. The molecule has 3 nitrogen and oxygen atoms in total. The van der Waals surface area contributed by atoms with E-state index in [0.717, 1.165) is 28.2 Å². The molecule has 0 aromatic carbocycles. The van der Waals surface area contributed by atoms with E-state index >= 15 is 0 Å². The summed E-state index contributed by atoms with van der Waals surface area (Å²) >= 11 is 3.31. The fourth-order valence-corrected chi connectivity index (χ4v) is 3.48. The Kier molecular flexibility index (Phi) is 4.22. The molecule has 0 unspecified atom stereocenters. The van der Waals surface area contributed by atoms with Crippen LogP contribution in [0.4, 0.5) is 5.69 Å². The van der Waals surface area contributed by atoms with Gasteiger partial charge in [-0.2, -0.15) is 11.3 Å². The highest BCUT2D eigenvalue weighted by Crippen LogP contribution is 2.28. The Balaban J connectivity index is 1.85. The number of nitrogens with one attached hydrogen (secondary N) is 1. The van der Waals surface area contributed by atoms with Crippen molar-refractivity contribution in [3.05, 3.63) is 58.8 Å². The van der Waals surface area contributed by atoms with Crippen LogP contribution in [0.3, 0.4) is 0 Å². The molecule has 0 amide bonds. The van der Waals surface area contributed by atoms with Crippen LogP contribution >= 0.6 is 23.3 Å². The zero-order chi connectivity index (χ0) is 14.7. The van der Waals surface area contributed by atoms with Crippen LogP contribution < -0.4 is 4.72 Å². The standard InChI is InChI=1S/C16H15N3S2/c1-11-7-13(3-5-17-11)14-8-16(12(2)18-9-14)19-21-15-4-6-20-10-15/h3-10,19H,1-2H3. The lowest BCUT2D eigenvalue weighted by molar-refractivity contribution is 1.19. The highest BCUT2D eigenvalue weighted by Gasteiger charge is 2.05. The van der Waals surface area contributed by atoms with Gasteiger partial charge in [-0.1, -0.05) is 0 Å². The summed E-state index contributed by atoms with van der Waals surface area (Å²) in [6.45, 7) is 4.01. The average molecular weight is 313 g/mol. The highest BCUT2D eigenvalue weighted by atomic mass is 32.2. The second-order valence-electron chi connectivity index (χ2n) is 4.71. The summed E-state index contributed by atoms with van der Waals surface area (Å²) in [5.74, 6) is 0. The van der Waals surface area contributed by atoms with Crippen molar-refractivity contribution < 1.29 is 0 Å². The van der Waals surface area contributed by atoms with E-state index in [1.807, 2.05) is 32.3 Å². The van der Waals surface area contributed by atoms with Gasteiger partial charge in [-0.15, -0.1) is 0 Å². The summed E-state index contributed by atoms with van der Waals surface area (Å²) in [6, 6.07) is 8.31. The van der Waals surface area contributed by atoms with Crippen molar-refractivity contribution in [3.8, 4) is 11.1 Å². The molecule has 3 aromatic rings. The Hall–Kier alpha value is -1.85. The van der Waals surface area contributed by atoms with E-state index < -0.39 is 0 Å². The van der Waals surface area contributed by atoms with Crippen LogP contribution in [0.2, 0.25) is 0 Å². The van der Waals surface area contributed by atoms with Gasteiger partial charge in [-0.05, 0) is 61.0 Å². The summed E-state index contributed by atoms with van der Waals surface area (Å²) in [5.41, 5.74) is 5.28. The van der Waals surface area contributed by atoms with Gasteiger partial charge in [-0.25, -0.2) is 0 Å². The van der Waals surface area contributed by atoms with Crippen LogP contribution in [0.15, 0.2) is 52.3 Å². The van der Waals surface area contributed by atoms with Crippen molar-refractivity contribution in [2.45, 2.75) is 18.7 Å². The van der Waals surface area contributed by atoms with Crippen LogP contribution in [-0.4, -0.2) is 9.97 Å². The molecule has 0 saturated heterocycles. The second-order valence-corrected chi connectivity index (χ2v) is 6.37. The number of hydrogen-bond acceptors (Lipinski definition) is 5. The number of aromatic nitrogens is 2. The fourth-order valence-electron chi connectivity index (χ4n) is 1.94. The van der Waals surface area contributed by atoms with Crippen LogP contribution in [0.5, 0.6) is 0 Å². The van der Waals surface area contributed by atoms with E-state index in [9.17, 15) is 0 Å². The maximum atomic E-state index is 4.49. The quantitative estimate of drug-likeness (QED) is 0.692. The van der Waals surface area contributed by atoms with Crippen molar-refractivity contribution in [2.75, 3.05) is 4.72 Å². The first-order chi connectivity index (χ1) is 10.2. The molecule has 5 heteroatoms. The smallest absolute Gasteiger partial charge is 0.0664 e. The lowest BCUT2D eigenvalue weighted by Gasteiger charge is -2.10. The van der Waals surface area contributed by atoms with Crippen LogP contribution in [0.25, 0.3) is 11.1 Å². The Labute approximate surface area is 132 Å². The Bertz CT molecular complexity index is 739. The van der Waals surface area contributed by atoms with E-state index in [1.165, 1.54) is 4.90 Å². The number of rotatable bonds is 4. The van der Waals surface area contributed by atoms with Crippen molar-refractivity contribution in [2.24, 2.45) is 0 Å². The number of pyridine rings is 2. The molecule has 3 aromatic heterocycles. The predicted molar refractivity (Wildman–Crippen MR) is 90.7 cm³/mol. The molecule has 0 aliphatic heterocycles. The minimum atomic E-state index is 0.993. The predicted octanol–water partition coefficient (Wildman–Crippen LogP) is 4.94. The molecule has 3 rings (SSSR count). The van der Waals surface area contributed by atoms with Gasteiger partial charge in [0.2, 0.25) is 0 Å². The fraction of sp³-hybridized carbons (Fsp3) is 0.125. The van der Waals surface area contributed by atoms with Gasteiger partial charge in [0.25, 0.3) is 0 Å². The van der Waals surface area contributed by atoms with E-state index in [4.69, 9.17) is 0 Å². The Morgan fingerprint density at radius 2 is 2.00 bits per heavy atom. The summed E-state index contributed by atoms with van der Waals surface area (Å²) in [5, 5.41) is 4.20. The minimum Gasteiger partial charge on any atom is -0.324 e. The molecular formula is C16H15N3S2. The van der Waals surface area contributed by atoms with E-state index in [2.05, 4.69) is 43.6 Å². The maximum Gasteiger partial charge on any atom is 0.0664 e. The van der Waals surface area contributed by atoms with E-state index in [1.54, 1.807) is 23.3 Å². The summed E-state index contributed by atoms with van der Waals surface area (Å²) in [7, 11) is 0. The van der Waals surface area contributed by atoms with E-state index in [-0.39, 0.29) is 0 Å². The van der Waals surface area contributed by atoms with Crippen molar-refractivity contribution >= 4 is 29.0 Å². The zero-order valence-corrected chi connectivity index (χ0v) is 13.5. The molecule has 0 bridgehead atoms. The lowest BCUT2D eigenvalue weighted by Crippen LogP contribution is -1.94. The van der Waals surface area contributed by atoms with Gasteiger partial charge in [0.05, 0.1) is 11.4 Å².